The minimum absolute atomic E-state index is 0.220. The minimum atomic E-state index is -3.35. The zero-order chi connectivity index (χ0) is 23.1. The molecule has 6 nitrogen and oxygen atoms in total. The van der Waals surface area contributed by atoms with Crippen LogP contribution in [0.15, 0.2) is 84.9 Å². The molecule has 0 fully saturated rings. The Morgan fingerprint density at radius 2 is 1.41 bits per heavy atom. The largest absolute Gasteiger partial charge is 0.481 e. The number of hydrogen-bond donors (Lipinski definition) is 1. The van der Waals surface area contributed by atoms with Crippen molar-refractivity contribution in [1.29, 1.82) is 0 Å². The lowest BCUT2D eigenvalue weighted by Crippen LogP contribution is -2.40. The van der Waals surface area contributed by atoms with Gasteiger partial charge in [0.15, 0.2) is 6.10 Å². The molecule has 0 aromatic heterocycles. The molecule has 0 radical (unpaired) electrons. The Kier molecular flexibility index (Phi) is 7.53. The number of sulfonamides is 1. The van der Waals surface area contributed by atoms with Gasteiger partial charge in [0.25, 0.3) is 5.91 Å². The molecule has 1 N–H and O–H groups in total. The quantitative estimate of drug-likeness (QED) is 0.529. The Bertz CT molecular complexity index is 1080. The van der Waals surface area contributed by atoms with Crippen LogP contribution in [0.3, 0.4) is 0 Å². The number of carbonyl (C=O) groups is 1. The molecule has 0 aliphatic rings. The lowest BCUT2D eigenvalue weighted by atomic mass is 9.98. The van der Waals surface area contributed by atoms with Gasteiger partial charge in [0.2, 0.25) is 10.0 Å². The van der Waals surface area contributed by atoms with Gasteiger partial charge in [-0.15, -0.1) is 0 Å². The van der Waals surface area contributed by atoms with Crippen LogP contribution >= 0.6 is 0 Å². The highest BCUT2D eigenvalue weighted by molar-refractivity contribution is 7.92. The van der Waals surface area contributed by atoms with Crippen molar-refractivity contribution in [2.75, 3.05) is 17.6 Å². The van der Waals surface area contributed by atoms with Gasteiger partial charge < -0.3 is 10.1 Å². The van der Waals surface area contributed by atoms with E-state index in [0.29, 0.717) is 17.9 Å². The summed E-state index contributed by atoms with van der Waals surface area (Å²) >= 11 is 0. The molecular weight excluding hydrogens is 424 g/mol. The fourth-order valence-electron chi connectivity index (χ4n) is 3.30. The summed E-state index contributed by atoms with van der Waals surface area (Å²) in [6.45, 7) is 1.89. The summed E-state index contributed by atoms with van der Waals surface area (Å²) in [6.07, 6.45) is 0.932. The summed E-state index contributed by atoms with van der Waals surface area (Å²) in [6, 6.07) is 25.9. The summed E-state index contributed by atoms with van der Waals surface area (Å²) in [4.78, 5) is 13.1. The molecule has 1 atom stereocenters. The maximum absolute atomic E-state index is 13.1. The van der Waals surface area contributed by atoms with Crippen molar-refractivity contribution in [2.45, 2.75) is 25.5 Å². The molecule has 1 amide bonds. The monoisotopic (exact) mass is 452 g/mol. The number of amides is 1. The first-order valence-corrected chi connectivity index (χ1v) is 12.3. The van der Waals surface area contributed by atoms with Crippen LogP contribution in [0.2, 0.25) is 0 Å². The van der Waals surface area contributed by atoms with Crippen molar-refractivity contribution < 1.29 is 17.9 Å². The second-order valence-corrected chi connectivity index (χ2v) is 9.52. The number of carbonyl (C=O) groups excluding carboxylic acids is 1. The normalized spacial score (nSPS) is 12.2. The molecule has 0 spiro atoms. The van der Waals surface area contributed by atoms with Gasteiger partial charge in [-0.1, -0.05) is 67.6 Å². The van der Waals surface area contributed by atoms with Crippen LogP contribution in [0.5, 0.6) is 5.75 Å². The van der Waals surface area contributed by atoms with E-state index in [1.165, 1.54) is 11.4 Å². The third-order valence-corrected chi connectivity index (χ3v) is 6.40. The van der Waals surface area contributed by atoms with E-state index in [1.807, 2.05) is 67.6 Å². The van der Waals surface area contributed by atoms with Crippen molar-refractivity contribution in [3.8, 4) is 5.75 Å². The van der Waals surface area contributed by atoms with Gasteiger partial charge in [0, 0.05) is 7.05 Å². The first-order valence-electron chi connectivity index (χ1n) is 10.4. The zero-order valence-corrected chi connectivity index (χ0v) is 19.2. The Morgan fingerprint density at radius 1 is 0.906 bits per heavy atom. The molecule has 3 rings (SSSR count). The molecule has 1 unspecified atom stereocenters. The van der Waals surface area contributed by atoms with Crippen molar-refractivity contribution in [1.82, 2.24) is 5.32 Å². The fourth-order valence-corrected chi connectivity index (χ4v) is 3.80. The van der Waals surface area contributed by atoms with Crippen molar-refractivity contribution in [3.05, 3.63) is 96.1 Å². The molecule has 0 aliphatic heterocycles. The van der Waals surface area contributed by atoms with Crippen LogP contribution in [0.4, 0.5) is 5.69 Å². The zero-order valence-electron chi connectivity index (χ0n) is 18.4. The summed E-state index contributed by atoms with van der Waals surface area (Å²) < 4.78 is 30.5. The summed E-state index contributed by atoms with van der Waals surface area (Å²) in [7, 11) is -1.86. The number of nitrogens with zero attached hydrogens (tertiary/aromatic N) is 1. The smallest absolute Gasteiger partial charge is 0.261 e. The SMILES string of the molecule is CCC(Oc1ccc(N(C)S(C)(=O)=O)cc1)C(=O)NC(c1ccccc1)c1ccccc1. The molecular formula is C25H28N2O4S. The van der Waals surface area contributed by atoms with E-state index in [4.69, 9.17) is 4.74 Å². The van der Waals surface area contributed by atoms with E-state index in [9.17, 15) is 13.2 Å². The number of ether oxygens (including phenoxy) is 1. The van der Waals surface area contributed by atoms with Crippen LogP contribution in [0.1, 0.15) is 30.5 Å². The highest BCUT2D eigenvalue weighted by atomic mass is 32.2. The molecule has 0 saturated carbocycles. The van der Waals surface area contributed by atoms with E-state index >= 15 is 0 Å². The number of anilines is 1. The van der Waals surface area contributed by atoms with Gasteiger partial charge in [0.1, 0.15) is 5.75 Å². The first kappa shape index (κ1) is 23.3. The molecule has 0 heterocycles. The van der Waals surface area contributed by atoms with Gasteiger partial charge in [-0.05, 0) is 41.8 Å². The Balaban J connectivity index is 1.76. The summed E-state index contributed by atoms with van der Waals surface area (Å²) in [5, 5.41) is 3.12. The van der Waals surface area contributed by atoms with Crippen LogP contribution in [0.25, 0.3) is 0 Å². The molecule has 0 bridgehead atoms. The molecule has 32 heavy (non-hydrogen) atoms. The lowest BCUT2D eigenvalue weighted by molar-refractivity contribution is -0.128. The maximum Gasteiger partial charge on any atom is 0.261 e. The van der Waals surface area contributed by atoms with Crippen LogP contribution in [-0.2, 0) is 14.8 Å². The maximum atomic E-state index is 13.1. The topological polar surface area (TPSA) is 75.7 Å². The van der Waals surface area contributed by atoms with Gasteiger partial charge in [-0.25, -0.2) is 8.42 Å². The number of hydrogen-bond acceptors (Lipinski definition) is 4. The highest BCUT2D eigenvalue weighted by Gasteiger charge is 2.24. The van der Waals surface area contributed by atoms with E-state index < -0.39 is 16.1 Å². The number of benzene rings is 3. The van der Waals surface area contributed by atoms with E-state index in [0.717, 1.165) is 17.4 Å². The first-order chi connectivity index (χ1) is 15.3. The average molecular weight is 453 g/mol. The second-order valence-electron chi connectivity index (χ2n) is 7.50. The molecule has 168 valence electrons. The van der Waals surface area contributed by atoms with Crippen LogP contribution in [-0.4, -0.2) is 33.7 Å². The Labute approximate surface area is 189 Å². The van der Waals surface area contributed by atoms with Gasteiger partial charge >= 0.3 is 0 Å². The Morgan fingerprint density at radius 3 is 1.84 bits per heavy atom. The van der Waals surface area contributed by atoms with Crippen molar-refractivity contribution >= 4 is 21.6 Å². The van der Waals surface area contributed by atoms with Crippen LogP contribution in [0, 0.1) is 0 Å². The van der Waals surface area contributed by atoms with Gasteiger partial charge in [-0.2, -0.15) is 0 Å². The van der Waals surface area contributed by atoms with E-state index in [-0.39, 0.29) is 11.9 Å². The van der Waals surface area contributed by atoms with Gasteiger partial charge in [0.05, 0.1) is 18.0 Å². The summed E-state index contributed by atoms with van der Waals surface area (Å²) in [5.41, 5.74) is 2.48. The lowest BCUT2D eigenvalue weighted by Gasteiger charge is -2.24. The molecule has 3 aromatic carbocycles. The number of rotatable bonds is 9. The van der Waals surface area contributed by atoms with Crippen molar-refractivity contribution in [2.24, 2.45) is 0 Å². The van der Waals surface area contributed by atoms with E-state index in [2.05, 4.69) is 5.32 Å². The summed E-state index contributed by atoms with van der Waals surface area (Å²) in [5.74, 6) is 0.274. The molecule has 0 aliphatic carbocycles. The van der Waals surface area contributed by atoms with E-state index in [1.54, 1.807) is 24.3 Å². The fraction of sp³-hybridized carbons (Fsp3) is 0.240. The van der Waals surface area contributed by atoms with Crippen molar-refractivity contribution in [3.63, 3.8) is 0 Å². The standard InChI is InChI=1S/C25H28N2O4S/c1-4-23(31-22-17-15-21(16-18-22)27(2)32(3,29)30)25(28)26-24(19-11-7-5-8-12-19)20-13-9-6-10-14-20/h5-18,23-24H,4H2,1-3H3,(H,26,28). The predicted molar refractivity (Wildman–Crippen MR) is 127 cm³/mol. The predicted octanol–water partition coefficient (Wildman–Crippen LogP) is 4.15. The third-order valence-electron chi connectivity index (χ3n) is 5.19. The Hall–Kier alpha value is -3.32. The molecule has 3 aromatic rings. The number of nitrogens with one attached hydrogen (secondary N) is 1. The van der Waals surface area contributed by atoms with Gasteiger partial charge in [-0.3, -0.25) is 9.10 Å². The highest BCUT2D eigenvalue weighted by Crippen LogP contribution is 2.24. The minimum Gasteiger partial charge on any atom is -0.481 e. The van der Waals surface area contributed by atoms with Crippen LogP contribution < -0.4 is 14.4 Å². The average Bonchev–Trinajstić information content (AvgIpc) is 2.81. The second kappa shape index (κ2) is 10.3. The molecule has 0 saturated heterocycles. The third kappa shape index (κ3) is 5.88. The molecule has 7 heteroatoms.